The molecular weight excluding hydrogens is 328 g/mol. The molecule has 2 aromatic carbocycles. The molecule has 27 heavy (non-hydrogen) atoms. The van der Waals surface area contributed by atoms with E-state index >= 15 is 0 Å². The SMILES string of the molecule is CCN1/C(=C/C=C/c2ccc3ccccc3[n+]2CC)CCc2ccccc21. The zero-order chi connectivity index (χ0) is 18.6. The molecule has 3 aromatic rings. The number of pyridine rings is 1. The fourth-order valence-electron chi connectivity index (χ4n) is 4.12. The molecule has 1 aromatic heterocycles. The number of benzene rings is 2. The molecule has 1 aliphatic heterocycles. The monoisotopic (exact) mass is 355 g/mol. The van der Waals surface area contributed by atoms with Crippen LogP contribution in [0.3, 0.4) is 0 Å². The van der Waals surface area contributed by atoms with Gasteiger partial charge >= 0.3 is 0 Å². The molecule has 2 heterocycles. The van der Waals surface area contributed by atoms with Crippen LogP contribution in [0, 0.1) is 0 Å². The Morgan fingerprint density at radius 1 is 0.926 bits per heavy atom. The molecule has 4 rings (SSSR count). The molecule has 2 nitrogen and oxygen atoms in total. The summed E-state index contributed by atoms with van der Waals surface area (Å²) in [7, 11) is 0. The standard InChI is InChI=1S/C25H27N2/c1-3-26-22(18-16-20-10-5-7-14-24(20)26)12-9-13-23-19-17-21-11-6-8-15-25(21)27(23)4-2/h5-16,18H,3-4,17,19H2,1-2H3/q+1. The van der Waals surface area contributed by atoms with Crippen LogP contribution in [-0.2, 0) is 13.0 Å². The third kappa shape index (κ3) is 3.40. The molecule has 0 radical (unpaired) electrons. The summed E-state index contributed by atoms with van der Waals surface area (Å²) < 4.78 is 2.37. The number of aromatic nitrogens is 1. The lowest BCUT2D eigenvalue weighted by molar-refractivity contribution is -0.669. The quantitative estimate of drug-likeness (QED) is 0.559. The maximum atomic E-state index is 2.44. The van der Waals surface area contributed by atoms with Crippen LogP contribution in [0.1, 0.15) is 31.5 Å². The summed E-state index contributed by atoms with van der Waals surface area (Å²) in [6, 6.07) is 21.8. The Morgan fingerprint density at radius 3 is 2.59 bits per heavy atom. The Bertz CT molecular complexity index is 1010. The first-order chi connectivity index (χ1) is 13.3. The van der Waals surface area contributed by atoms with Crippen molar-refractivity contribution < 1.29 is 4.57 Å². The molecular formula is C25H27N2+. The number of hydrogen-bond donors (Lipinski definition) is 0. The highest BCUT2D eigenvalue weighted by Crippen LogP contribution is 2.32. The van der Waals surface area contributed by atoms with E-state index in [1.807, 2.05) is 0 Å². The minimum atomic E-state index is 0.964. The summed E-state index contributed by atoms with van der Waals surface area (Å²) in [4.78, 5) is 2.44. The van der Waals surface area contributed by atoms with E-state index in [1.165, 1.54) is 33.5 Å². The van der Waals surface area contributed by atoms with E-state index in [0.29, 0.717) is 0 Å². The third-order valence-electron chi connectivity index (χ3n) is 5.44. The van der Waals surface area contributed by atoms with Gasteiger partial charge in [0.05, 0.1) is 0 Å². The number of rotatable bonds is 4. The highest BCUT2D eigenvalue weighted by atomic mass is 15.1. The molecule has 0 fully saturated rings. The van der Waals surface area contributed by atoms with Crippen LogP contribution in [-0.4, -0.2) is 6.54 Å². The van der Waals surface area contributed by atoms with Gasteiger partial charge in [-0.15, -0.1) is 0 Å². The first kappa shape index (κ1) is 17.5. The molecule has 0 aliphatic carbocycles. The van der Waals surface area contributed by atoms with Gasteiger partial charge in [-0.1, -0.05) is 36.4 Å². The van der Waals surface area contributed by atoms with Crippen molar-refractivity contribution in [3.05, 3.63) is 89.8 Å². The first-order valence-electron chi connectivity index (χ1n) is 9.96. The van der Waals surface area contributed by atoms with Crippen molar-refractivity contribution in [2.24, 2.45) is 0 Å². The lowest BCUT2D eigenvalue weighted by atomic mass is 9.99. The van der Waals surface area contributed by atoms with Gasteiger partial charge in [-0.05, 0) is 56.5 Å². The average molecular weight is 356 g/mol. The van der Waals surface area contributed by atoms with Gasteiger partial charge in [0, 0.05) is 41.5 Å². The van der Waals surface area contributed by atoms with Crippen LogP contribution in [0.15, 0.2) is 78.5 Å². The van der Waals surface area contributed by atoms with Crippen molar-refractivity contribution in [1.82, 2.24) is 0 Å². The summed E-state index contributed by atoms with van der Waals surface area (Å²) in [5.74, 6) is 0. The van der Waals surface area contributed by atoms with E-state index in [1.54, 1.807) is 0 Å². The normalized spacial score (nSPS) is 15.6. The van der Waals surface area contributed by atoms with Crippen LogP contribution in [0.25, 0.3) is 17.0 Å². The van der Waals surface area contributed by atoms with Gasteiger partial charge in [0.2, 0.25) is 11.2 Å². The van der Waals surface area contributed by atoms with E-state index in [9.17, 15) is 0 Å². The summed E-state index contributed by atoms with van der Waals surface area (Å²) in [5.41, 5.74) is 6.75. The van der Waals surface area contributed by atoms with Crippen LogP contribution >= 0.6 is 0 Å². The highest BCUT2D eigenvalue weighted by molar-refractivity contribution is 5.76. The van der Waals surface area contributed by atoms with Crippen molar-refractivity contribution in [2.75, 3.05) is 11.4 Å². The van der Waals surface area contributed by atoms with Crippen LogP contribution in [0.4, 0.5) is 5.69 Å². The summed E-state index contributed by atoms with van der Waals surface area (Å²) in [6.45, 7) is 6.40. The topological polar surface area (TPSA) is 7.12 Å². The first-order valence-corrected chi connectivity index (χ1v) is 9.96. The third-order valence-corrected chi connectivity index (χ3v) is 5.44. The van der Waals surface area contributed by atoms with Crippen molar-refractivity contribution >= 4 is 22.7 Å². The number of hydrogen-bond acceptors (Lipinski definition) is 1. The molecule has 0 N–H and O–H groups in total. The number of anilines is 1. The molecule has 0 saturated heterocycles. The van der Waals surface area contributed by atoms with E-state index in [0.717, 1.165) is 25.9 Å². The van der Waals surface area contributed by atoms with E-state index in [-0.39, 0.29) is 0 Å². The summed E-state index contributed by atoms with van der Waals surface area (Å²) in [5, 5.41) is 1.29. The van der Waals surface area contributed by atoms with Gasteiger partial charge < -0.3 is 4.90 Å². The summed E-state index contributed by atoms with van der Waals surface area (Å²) >= 11 is 0. The van der Waals surface area contributed by atoms with Crippen LogP contribution < -0.4 is 9.47 Å². The smallest absolute Gasteiger partial charge is 0.212 e. The Balaban J connectivity index is 1.65. The van der Waals surface area contributed by atoms with Crippen molar-refractivity contribution in [3.8, 4) is 0 Å². The second-order valence-corrected chi connectivity index (χ2v) is 6.95. The molecule has 0 unspecified atom stereocenters. The number of aryl methyl sites for hydroxylation is 2. The minimum absolute atomic E-state index is 0.964. The van der Waals surface area contributed by atoms with Gasteiger partial charge in [0.15, 0.2) is 0 Å². The van der Waals surface area contributed by atoms with Gasteiger partial charge in [0.25, 0.3) is 0 Å². The molecule has 0 spiro atoms. The molecule has 0 atom stereocenters. The van der Waals surface area contributed by atoms with Crippen molar-refractivity contribution in [1.29, 1.82) is 0 Å². The van der Waals surface area contributed by atoms with Crippen molar-refractivity contribution in [3.63, 3.8) is 0 Å². The molecule has 2 heteroatoms. The molecule has 0 amide bonds. The molecule has 0 bridgehead atoms. The highest BCUT2D eigenvalue weighted by Gasteiger charge is 2.18. The Morgan fingerprint density at radius 2 is 1.74 bits per heavy atom. The fraction of sp³-hybridized carbons (Fsp3) is 0.240. The number of fused-ring (bicyclic) bond motifs is 2. The zero-order valence-corrected chi connectivity index (χ0v) is 16.2. The van der Waals surface area contributed by atoms with E-state index in [2.05, 4.69) is 102 Å². The van der Waals surface area contributed by atoms with Crippen molar-refractivity contribution in [2.45, 2.75) is 33.2 Å². The average Bonchev–Trinajstić information content (AvgIpc) is 2.73. The number of nitrogens with zero attached hydrogens (tertiary/aromatic N) is 2. The van der Waals surface area contributed by atoms with Gasteiger partial charge in [-0.25, -0.2) is 0 Å². The lowest BCUT2D eigenvalue weighted by Gasteiger charge is -2.32. The fourth-order valence-corrected chi connectivity index (χ4v) is 4.12. The Labute approximate surface area is 162 Å². The summed E-state index contributed by atoms with van der Waals surface area (Å²) in [6.07, 6.45) is 8.95. The second-order valence-electron chi connectivity index (χ2n) is 6.95. The predicted octanol–water partition coefficient (Wildman–Crippen LogP) is 5.52. The zero-order valence-electron chi connectivity index (χ0n) is 16.2. The Hall–Kier alpha value is -2.87. The minimum Gasteiger partial charge on any atom is -0.345 e. The second kappa shape index (κ2) is 7.79. The van der Waals surface area contributed by atoms with E-state index in [4.69, 9.17) is 0 Å². The maximum absolute atomic E-state index is 2.44. The molecule has 1 aliphatic rings. The largest absolute Gasteiger partial charge is 0.345 e. The molecule has 0 saturated carbocycles. The maximum Gasteiger partial charge on any atom is 0.212 e. The molecule has 136 valence electrons. The van der Waals surface area contributed by atoms with Crippen LogP contribution in [0.5, 0.6) is 0 Å². The van der Waals surface area contributed by atoms with Crippen LogP contribution in [0.2, 0.25) is 0 Å². The Kier molecular flexibility index (Phi) is 5.06. The number of para-hydroxylation sites is 2. The van der Waals surface area contributed by atoms with E-state index < -0.39 is 0 Å². The predicted molar refractivity (Wildman–Crippen MR) is 115 cm³/mol. The lowest BCUT2D eigenvalue weighted by Crippen LogP contribution is -2.36. The van der Waals surface area contributed by atoms with Gasteiger partial charge in [-0.2, -0.15) is 4.57 Å². The van der Waals surface area contributed by atoms with Gasteiger partial charge in [0.1, 0.15) is 6.54 Å². The number of allylic oxidation sites excluding steroid dienone is 3. The van der Waals surface area contributed by atoms with Gasteiger partial charge in [-0.3, -0.25) is 0 Å².